The zero-order valence-corrected chi connectivity index (χ0v) is 22.2. The maximum atomic E-state index is 14.0. The molecule has 0 aliphatic rings. The summed E-state index contributed by atoms with van der Waals surface area (Å²) in [6.45, 7) is 6.95. The molecule has 2 aromatic carbocycles. The summed E-state index contributed by atoms with van der Waals surface area (Å²) >= 11 is 1.18. The maximum Gasteiger partial charge on any atom is 0.441 e. The SMILES string of the molecule is Cc1nc(N(C)C(=O)Cc2ccc(-c3ccccc3F)cc2)sc1S(C)(=N)=NC(=O)OC(C)(C)C. The van der Waals surface area contributed by atoms with Crippen molar-refractivity contribution in [3.63, 3.8) is 0 Å². The van der Waals surface area contributed by atoms with E-state index in [1.165, 1.54) is 22.3 Å². The van der Waals surface area contributed by atoms with Gasteiger partial charge in [-0.25, -0.2) is 14.2 Å². The lowest BCUT2D eigenvalue weighted by molar-refractivity contribution is -0.117. The van der Waals surface area contributed by atoms with Gasteiger partial charge in [0.2, 0.25) is 5.91 Å². The number of hydrogen-bond donors (Lipinski definition) is 1. The molecule has 0 saturated carbocycles. The van der Waals surface area contributed by atoms with Gasteiger partial charge in [-0.2, -0.15) is 0 Å². The first-order chi connectivity index (χ1) is 16.3. The summed E-state index contributed by atoms with van der Waals surface area (Å²) in [6, 6.07) is 13.7. The van der Waals surface area contributed by atoms with Crippen molar-refractivity contribution in [1.29, 1.82) is 4.78 Å². The van der Waals surface area contributed by atoms with Gasteiger partial charge in [-0.3, -0.25) is 14.5 Å². The molecule has 0 fully saturated rings. The number of anilines is 1. The molecule has 0 aliphatic carbocycles. The van der Waals surface area contributed by atoms with Gasteiger partial charge in [0.05, 0.1) is 12.1 Å². The zero-order valence-electron chi connectivity index (χ0n) is 20.6. The lowest BCUT2D eigenvalue weighted by atomic mass is 10.0. The molecule has 7 nitrogen and oxygen atoms in total. The summed E-state index contributed by atoms with van der Waals surface area (Å²) in [5, 5.41) is 0.427. The van der Waals surface area contributed by atoms with Crippen LogP contribution in [0, 0.1) is 17.5 Å². The highest BCUT2D eigenvalue weighted by Gasteiger charge is 2.22. The van der Waals surface area contributed by atoms with Crippen LogP contribution in [-0.4, -0.2) is 35.9 Å². The number of halogens is 1. The largest absolute Gasteiger partial charge is 0.442 e. The van der Waals surface area contributed by atoms with Crippen LogP contribution in [0.1, 0.15) is 32.0 Å². The van der Waals surface area contributed by atoms with Crippen LogP contribution >= 0.6 is 11.3 Å². The molecule has 1 atom stereocenters. The minimum absolute atomic E-state index is 0.134. The number of thiazole rings is 1. The fourth-order valence-electron chi connectivity index (χ4n) is 3.25. The van der Waals surface area contributed by atoms with E-state index >= 15 is 0 Å². The number of rotatable bonds is 5. The Kier molecular flexibility index (Phi) is 7.76. The molecule has 3 rings (SSSR count). The van der Waals surface area contributed by atoms with Crippen molar-refractivity contribution in [2.45, 2.75) is 43.9 Å². The fourth-order valence-corrected chi connectivity index (χ4v) is 6.05. The summed E-state index contributed by atoms with van der Waals surface area (Å²) < 4.78 is 32.4. The lowest BCUT2D eigenvalue weighted by Crippen LogP contribution is -2.27. The van der Waals surface area contributed by atoms with Crippen LogP contribution < -0.4 is 4.90 Å². The van der Waals surface area contributed by atoms with Crippen molar-refractivity contribution in [3.05, 3.63) is 65.6 Å². The third kappa shape index (κ3) is 6.73. The molecule has 35 heavy (non-hydrogen) atoms. The molecule has 1 heterocycles. The van der Waals surface area contributed by atoms with E-state index in [1.807, 2.05) is 0 Å². The number of ether oxygens (including phenoxy) is 1. The van der Waals surface area contributed by atoms with Crippen LogP contribution in [-0.2, 0) is 25.6 Å². The molecule has 0 radical (unpaired) electrons. The first kappa shape index (κ1) is 26.5. The second kappa shape index (κ2) is 10.2. The van der Waals surface area contributed by atoms with Crippen molar-refractivity contribution in [1.82, 2.24) is 4.98 Å². The minimum atomic E-state index is -2.61. The average Bonchev–Trinajstić information content (AvgIpc) is 3.15. The molecule has 1 N–H and O–H groups in total. The van der Waals surface area contributed by atoms with Gasteiger partial charge in [-0.15, -0.1) is 4.36 Å². The predicted octanol–water partition coefficient (Wildman–Crippen LogP) is 6.49. The van der Waals surface area contributed by atoms with Crippen LogP contribution in [0.2, 0.25) is 0 Å². The van der Waals surface area contributed by atoms with Crippen molar-refractivity contribution in [2.24, 2.45) is 4.36 Å². The van der Waals surface area contributed by atoms with Crippen molar-refractivity contribution < 1.29 is 18.7 Å². The summed E-state index contributed by atoms with van der Waals surface area (Å²) in [7, 11) is -0.982. The third-order valence-corrected chi connectivity index (χ3v) is 8.69. The van der Waals surface area contributed by atoms with E-state index in [1.54, 1.807) is 83.5 Å². The molecule has 1 aromatic heterocycles. The predicted molar refractivity (Wildman–Crippen MR) is 139 cm³/mol. The molecule has 0 bridgehead atoms. The molecule has 1 unspecified atom stereocenters. The number of aromatic nitrogens is 1. The van der Waals surface area contributed by atoms with E-state index in [0.717, 1.165) is 11.1 Å². The summed E-state index contributed by atoms with van der Waals surface area (Å²) in [6.07, 6.45) is 0.915. The van der Waals surface area contributed by atoms with Crippen LogP contribution in [0.3, 0.4) is 0 Å². The second-order valence-electron chi connectivity index (χ2n) is 9.12. The number of carbonyl (C=O) groups is 2. The molecule has 3 aromatic rings. The Morgan fingerprint density at radius 3 is 2.40 bits per heavy atom. The summed E-state index contributed by atoms with van der Waals surface area (Å²) in [4.78, 5) is 31.0. The van der Waals surface area contributed by atoms with Crippen LogP contribution in [0.5, 0.6) is 0 Å². The highest BCUT2D eigenvalue weighted by atomic mass is 32.2. The topological polar surface area (TPSA) is 95.7 Å². The van der Waals surface area contributed by atoms with E-state index < -0.39 is 21.3 Å². The molecule has 0 aliphatic heterocycles. The molecular weight excluding hydrogens is 487 g/mol. The average molecular weight is 517 g/mol. The van der Waals surface area contributed by atoms with Crippen LogP contribution in [0.15, 0.2) is 57.1 Å². The summed E-state index contributed by atoms with van der Waals surface area (Å²) in [5.74, 6) is -0.484. The Labute approximate surface area is 209 Å². The van der Waals surface area contributed by atoms with E-state index in [9.17, 15) is 14.0 Å². The lowest BCUT2D eigenvalue weighted by Gasteiger charge is -2.18. The highest BCUT2D eigenvalue weighted by molar-refractivity contribution is 7.96. The Morgan fingerprint density at radius 2 is 1.80 bits per heavy atom. The number of nitrogens with one attached hydrogen (secondary N) is 1. The number of hydrogen-bond acceptors (Lipinski definition) is 6. The number of amides is 2. The standard InChI is InChI=1S/C25H29FN4O3S2/c1-16-22(35(6,27)29-24(32)33-25(2,3)4)34-23(28-16)30(5)21(31)15-17-11-13-18(14-12-17)19-9-7-8-10-20(19)26/h7-14,27H,15H2,1-6H3. The third-order valence-electron chi connectivity index (χ3n) is 4.91. The Bertz CT molecular complexity index is 1370. The molecule has 0 saturated heterocycles. The van der Waals surface area contributed by atoms with E-state index in [0.29, 0.717) is 20.6 Å². The highest BCUT2D eigenvalue weighted by Crippen LogP contribution is 2.31. The number of carbonyl (C=O) groups excluding carboxylic acids is 2. The fraction of sp³-hybridized carbons (Fsp3) is 0.320. The minimum Gasteiger partial charge on any atom is -0.442 e. The Hall–Kier alpha value is -3.11. The molecule has 186 valence electrons. The van der Waals surface area contributed by atoms with Crippen LogP contribution in [0.25, 0.3) is 11.1 Å². The Balaban J connectivity index is 1.75. The monoisotopic (exact) mass is 516 g/mol. The number of aryl methyl sites for hydroxylation is 1. The smallest absolute Gasteiger partial charge is 0.441 e. The maximum absolute atomic E-state index is 14.0. The van der Waals surface area contributed by atoms with Gasteiger partial charge in [0.25, 0.3) is 0 Å². The normalized spacial score (nSPS) is 13.1. The van der Waals surface area contributed by atoms with E-state index in [2.05, 4.69) is 9.35 Å². The van der Waals surface area contributed by atoms with E-state index in [-0.39, 0.29) is 18.1 Å². The van der Waals surface area contributed by atoms with Gasteiger partial charge in [-0.05, 0) is 54.5 Å². The van der Waals surface area contributed by atoms with Crippen molar-refractivity contribution in [2.75, 3.05) is 18.2 Å². The van der Waals surface area contributed by atoms with Crippen LogP contribution in [0.4, 0.5) is 14.3 Å². The second-order valence-corrected chi connectivity index (χ2v) is 12.7. The summed E-state index contributed by atoms with van der Waals surface area (Å²) in [5.41, 5.74) is 1.87. The molecule has 0 spiro atoms. The Morgan fingerprint density at radius 1 is 1.17 bits per heavy atom. The first-order valence-electron chi connectivity index (χ1n) is 10.8. The molecule has 2 amide bonds. The van der Waals surface area contributed by atoms with E-state index in [4.69, 9.17) is 9.52 Å². The van der Waals surface area contributed by atoms with Crippen molar-refractivity contribution >= 4 is 38.1 Å². The quantitative estimate of drug-likeness (QED) is 0.419. The number of nitrogens with zero attached hydrogens (tertiary/aromatic N) is 3. The van der Waals surface area contributed by atoms with Gasteiger partial charge in [0, 0.05) is 18.9 Å². The molecule has 10 heteroatoms. The van der Waals surface area contributed by atoms with Gasteiger partial charge in [0.15, 0.2) is 5.13 Å². The van der Waals surface area contributed by atoms with Gasteiger partial charge in [0.1, 0.15) is 15.6 Å². The first-order valence-corrected chi connectivity index (χ1v) is 13.6. The van der Waals surface area contributed by atoms with Crippen molar-refractivity contribution in [3.8, 4) is 11.1 Å². The number of likely N-dealkylation sites (N-methyl/N-ethyl adjacent to an activating group) is 1. The molecular formula is C25H29FN4O3S2. The number of benzene rings is 2. The van der Waals surface area contributed by atoms with Gasteiger partial charge in [-0.1, -0.05) is 53.8 Å². The zero-order chi connectivity index (χ0) is 26.0. The van der Waals surface area contributed by atoms with Gasteiger partial charge >= 0.3 is 6.09 Å². The van der Waals surface area contributed by atoms with Gasteiger partial charge < -0.3 is 4.74 Å².